The highest BCUT2D eigenvalue weighted by atomic mass is 35.5. The van der Waals surface area contributed by atoms with E-state index in [1.165, 1.54) is 0 Å². The fraction of sp³-hybridized carbons (Fsp3) is 0.100. The summed E-state index contributed by atoms with van der Waals surface area (Å²) in [7, 11) is 0. The normalized spacial score (nSPS) is 10.9. The van der Waals surface area contributed by atoms with Gasteiger partial charge in [0.2, 0.25) is 0 Å². The zero-order chi connectivity index (χ0) is 18.6. The van der Waals surface area contributed by atoms with E-state index in [9.17, 15) is 4.79 Å². The largest absolute Gasteiger partial charge is 0.328 e. The van der Waals surface area contributed by atoms with Crippen molar-refractivity contribution in [3.8, 4) is 5.69 Å². The number of hydrogen-bond donors (Lipinski definition) is 0. The average Bonchev–Trinajstić information content (AvgIpc) is 3.44. The summed E-state index contributed by atoms with van der Waals surface area (Å²) in [5, 5.41) is 9.07. The van der Waals surface area contributed by atoms with E-state index in [0.29, 0.717) is 23.7 Å². The standard InChI is InChI=1S/C20H16ClN3OS2/c21-16-5-7-17(8-6-16)24-12-15(11-22-24)20(25)23(13-18-3-1-9-26-18)14-19-4-2-10-27-19/h1-12H,13-14H2. The molecule has 0 aliphatic heterocycles. The first-order valence-corrected chi connectivity index (χ1v) is 10.5. The van der Waals surface area contributed by atoms with E-state index in [2.05, 4.69) is 17.2 Å². The van der Waals surface area contributed by atoms with E-state index in [4.69, 9.17) is 11.6 Å². The van der Waals surface area contributed by atoms with Gasteiger partial charge in [-0.1, -0.05) is 23.7 Å². The average molecular weight is 414 g/mol. The Bertz CT molecular complexity index is 972. The third-order valence-corrected chi connectivity index (χ3v) is 6.04. The van der Waals surface area contributed by atoms with Crippen LogP contribution in [-0.2, 0) is 13.1 Å². The molecule has 0 fully saturated rings. The molecule has 4 nitrogen and oxygen atoms in total. The number of rotatable bonds is 6. The minimum absolute atomic E-state index is 0.0305. The number of amides is 1. The highest BCUT2D eigenvalue weighted by molar-refractivity contribution is 7.10. The Balaban J connectivity index is 1.58. The predicted octanol–water partition coefficient (Wildman–Crippen LogP) is 5.49. The zero-order valence-electron chi connectivity index (χ0n) is 14.3. The van der Waals surface area contributed by atoms with Crippen molar-refractivity contribution in [2.75, 3.05) is 0 Å². The highest BCUT2D eigenvalue weighted by Crippen LogP contribution is 2.20. The van der Waals surface area contributed by atoms with Crippen molar-refractivity contribution in [3.63, 3.8) is 0 Å². The summed E-state index contributed by atoms with van der Waals surface area (Å²) in [6, 6.07) is 15.5. The van der Waals surface area contributed by atoms with Crippen LogP contribution in [0.25, 0.3) is 5.69 Å². The van der Waals surface area contributed by atoms with E-state index in [-0.39, 0.29) is 5.91 Å². The summed E-state index contributed by atoms with van der Waals surface area (Å²) in [5.41, 5.74) is 1.43. The second kappa shape index (κ2) is 8.08. The Labute approximate surface area is 170 Å². The minimum atomic E-state index is -0.0305. The van der Waals surface area contributed by atoms with Gasteiger partial charge in [0.1, 0.15) is 0 Å². The lowest BCUT2D eigenvalue weighted by Crippen LogP contribution is -2.29. The zero-order valence-corrected chi connectivity index (χ0v) is 16.7. The van der Waals surface area contributed by atoms with Gasteiger partial charge in [0, 0.05) is 21.0 Å². The molecule has 136 valence electrons. The van der Waals surface area contributed by atoms with Gasteiger partial charge in [0.05, 0.1) is 30.5 Å². The van der Waals surface area contributed by atoms with Gasteiger partial charge in [0.25, 0.3) is 5.91 Å². The molecule has 4 aromatic rings. The van der Waals surface area contributed by atoms with Crippen LogP contribution in [0.4, 0.5) is 0 Å². The summed E-state index contributed by atoms with van der Waals surface area (Å²) in [4.78, 5) is 17.3. The molecule has 3 heterocycles. The van der Waals surface area contributed by atoms with Gasteiger partial charge in [-0.2, -0.15) is 5.10 Å². The van der Waals surface area contributed by atoms with Crippen LogP contribution in [0.5, 0.6) is 0 Å². The van der Waals surface area contributed by atoms with Crippen LogP contribution in [0.2, 0.25) is 5.02 Å². The van der Waals surface area contributed by atoms with Crippen molar-refractivity contribution in [2.24, 2.45) is 0 Å². The summed E-state index contributed by atoms with van der Waals surface area (Å²) >= 11 is 9.26. The molecular weight excluding hydrogens is 398 g/mol. The summed E-state index contributed by atoms with van der Waals surface area (Å²) < 4.78 is 1.69. The Morgan fingerprint density at radius 3 is 2.19 bits per heavy atom. The van der Waals surface area contributed by atoms with Crippen LogP contribution < -0.4 is 0 Å². The van der Waals surface area contributed by atoms with Crippen molar-refractivity contribution in [1.82, 2.24) is 14.7 Å². The Morgan fingerprint density at radius 1 is 1.00 bits per heavy atom. The van der Waals surface area contributed by atoms with Gasteiger partial charge in [-0.3, -0.25) is 4.79 Å². The first-order valence-electron chi connectivity index (χ1n) is 8.34. The number of nitrogens with zero attached hydrogens (tertiary/aromatic N) is 3. The molecule has 0 saturated carbocycles. The van der Waals surface area contributed by atoms with Crippen molar-refractivity contribution < 1.29 is 4.79 Å². The molecular formula is C20H16ClN3OS2. The summed E-state index contributed by atoms with van der Waals surface area (Å²) in [6.07, 6.45) is 3.38. The van der Waals surface area contributed by atoms with Gasteiger partial charge in [-0.15, -0.1) is 22.7 Å². The van der Waals surface area contributed by atoms with Gasteiger partial charge in [0.15, 0.2) is 0 Å². The SMILES string of the molecule is O=C(c1cnn(-c2ccc(Cl)cc2)c1)N(Cc1cccs1)Cc1cccs1. The molecule has 0 bridgehead atoms. The Kier molecular flexibility index (Phi) is 5.38. The molecule has 1 amide bonds. The quantitative estimate of drug-likeness (QED) is 0.419. The van der Waals surface area contributed by atoms with Crippen LogP contribution in [0.15, 0.2) is 71.7 Å². The smallest absolute Gasteiger partial charge is 0.257 e. The summed E-state index contributed by atoms with van der Waals surface area (Å²) in [6.45, 7) is 1.17. The lowest BCUT2D eigenvalue weighted by Gasteiger charge is -2.21. The molecule has 27 heavy (non-hydrogen) atoms. The molecule has 1 aromatic carbocycles. The lowest BCUT2D eigenvalue weighted by atomic mass is 10.2. The van der Waals surface area contributed by atoms with Gasteiger partial charge in [-0.25, -0.2) is 4.68 Å². The third-order valence-electron chi connectivity index (χ3n) is 4.06. The molecule has 0 unspecified atom stereocenters. The molecule has 0 spiro atoms. The van der Waals surface area contributed by atoms with Crippen molar-refractivity contribution in [2.45, 2.75) is 13.1 Å². The second-order valence-corrected chi connectivity index (χ2v) is 8.47. The van der Waals surface area contributed by atoms with Crippen LogP contribution in [0.3, 0.4) is 0 Å². The van der Waals surface area contributed by atoms with E-state index in [0.717, 1.165) is 15.4 Å². The molecule has 4 rings (SSSR count). The number of carbonyl (C=O) groups excluding carboxylic acids is 1. The fourth-order valence-corrected chi connectivity index (χ4v) is 4.30. The monoisotopic (exact) mass is 413 g/mol. The maximum atomic E-state index is 13.2. The van der Waals surface area contributed by atoms with E-state index >= 15 is 0 Å². The topological polar surface area (TPSA) is 38.1 Å². The highest BCUT2D eigenvalue weighted by Gasteiger charge is 2.19. The Morgan fingerprint density at radius 2 is 1.63 bits per heavy atom. The minimum Gasteiger partial charge on any atom is -0.328 e. The predicted molar refractivity (Wildman–Crippen MR) is 111 cm³/mol. The fourth-order valence-electron chi connectivity index (χ4n) is 2.73. The van der Waals surface area contributed by atoms with Gasteiger partial charge >= 0.3 is 0 Å². The lowest BCUT2D eigenvalue weighted by molar-refractivity contribution is 0.0733. The maximum Gasteiger partial charge on any atom is 0.257 e. The molecule has 7 heteroatoms. The number of thiophene rings is 2. The van der Waals surface area contributed by atoms with Crippen LogP contribution in [0, 0.1) is 0 Å². The van der Waals surface area contributed by atoms with Crippen molar-refractivity contribution >= 4 is 40.2 Å². The molecule has 0 aliphatic rings. The van der Waals surface area contributed by atoms with Crippen LogP contribution in [-0.4, -0.2) is 20.6 Å². The van der Waals surface area contributed by atoms with Gasteiger partial charge in [-0.05, 0) is 47.2 Å². The third kappa shape index (κ3) is 4.30. The summed E-state index contributed by atoms with van der Waals surface area (Å²) in [5.74, 6) is -0.0305. The van der Waals surface area contributed by atoms with Crippen LogP contribution in [0.1, 0.15) is 20.1 Å². The number of halogens is 1. The van der Waals surface area contributed by atoms with Crippen LogP contribution >= 0.6 is 34.3 Å². The first-order chi connectivity index (χ1) is 13.2. The number of aromatic nitrogens is 2. The van der Waals surface area contributed by atoms with Crippen molar-refractivity contribution in [3.05, 3.63) is 92.0 Å². The Hall–Kier alpha value is -2.41. The van der Waals surface area contributed by atoms with Crippen molar-refractivity contribution in [1.29, 1.82) is 0 Å². The molecule has 0 atom stereocenters. The van der Waals surface area contributed by atoms with E-state index < -0.39 is 0 Å². The van der Waals surface area contributed by atoms with E-state index in [1.54, 1.807) is 51.9 Å². The number of benzene rings is 1. The second-order valence-electron chi connectivity index (χ2n) is 5.97. The molecule has 3 aromatic heterocycles. The molecule has 0 aliphatic carbocycles. The molecule has 0 saturated heterocycles. The number of hydrogen-bond acceptors (Lipinski definition) is 4. The van der Waals surface area contributed by atoms with E-state index in [1.807, 2.05) is 39.9 Å². The molecule has 0 N–H and O–H groups in total. The molecule has 0 radical (unpaired) electrons. The maximum absolute atomic E-state index is 13.2. The van der Waals surface area contributed by atoms with Gasteiger partial charge < -0.3 is 4.90 Å². The number of carbonyl (C=O) groups is 1. The first kappa shape index (κ1) is 18.0.